The molecule has 0 aliphatic rings. The molecular weight excluding hydrogens is 373 g/mol. The van der Waals surface area contributed by atoms with Crippen LogP contribution in [-0.4, -0.2) is 11.7 Å². The first-order valence-electron chi connectivity index (χ1n) is 6.42. The Morgan fingerprint density at radius 1 is 1.12 bits per heavy atom. The number of hydrogen-bond acceptors (Lipinski definition) is 2. The summed E-state index contributed by atoms with van der Waals surface area (Å²) in [4.78, 5) is 12.1. The number of benzene rings is 2. The number of carbonyl (C=O) groups excluding carboxylic acids is 1. The lowest BCUT2D eigenvalue weighted by Crippen LogP contribution is -2.18. The highest BCUT2D eigenvalue weighted by Crippen LogP contribution is 2.38. The molecule has 0 aliphatic heterocycles. The van der Waals surface area contributed by atoms with Gasteiger partial charge < -0.3 is 5.32 Å². The van der Waals surface area contributed by atoms with E-state index in [0.717, 1.165) is 36.0 Å². The molecule has 0 heterocycles. The van der Waals surface area contributed by atoms with Gasteiger partial charge in [0.1, 0.15) is 0 Å². The van der Waals surface area contributed by atoms with Crippen LogP contribution in [0.25, 0.3) is 0 Å². The number of amides is 1. The molecule has 0 aliphatic carbocycles. The number of anilines is 1. The average molecular weight is 382 g/mol. The Hall–Kier alpha value is -1.80. The first-order chi connectivity index (χ1) is 11.2. The van der Waals surface area contributed by atoms with Crippen molar-refractivity contribution in [1.29, 1.82) is 0 Å². The molecule has 2 rings (SSSR count). The second kappa shape index (κ2) is 7.40. The Balaban J connectivity index is 2.09. The van der Waals surface area contributed by atoms with E-state index in [4.69, 9.17) is 11.6 Å². The van der Waals surface area contributed by atoms with E-state index in [1.165, 1.54) is 12.1 Å². The number of hydrogen-bond donors (Lipinski definition) is 1. The van der Waals surface area contributed by atoms with Gasteiger partial charge in [-0.2, -0.15) is 13.2 Å². The lowest BCUT2D eigenvalue weighted by Gasteiger charge is -2.15. The Morgan fingerprint density at radius 2 is 1.83 bits per heavy atom. The fraction of sp³-hybridized carbons (Fsp3) is 0.133. The topological polar surface area (TPSA) is 29.1 Å². The van der Waals surface area contributed by atoms with E-state index in [0.29, 0.717) is 0 Å². The van der Waals surface area contributed by atoms with Gasteiger partial charge in [0, 0.05) is 4.90 Å². The number of nitrogens with one attached hydrogen (secondary N) is 1. The number of para-hydroxylation sites is 1. The third kappa shape index (κ3) is 4.61. The first kappa shape index (κ1) is 18.5. The van der Waals surface area contributed by atoms with Crippen molar-refractivity contribution in [2.75, 3.05) is 11.1 Å². The van der Waals surface area contributed by atoms with Crippen LogP contribution in [-0.2, 0) is 11.0 Å². The zero-order valence-corrected chi connectivity index (χ0v) is 13.3. The highest BCUT2D eigenvalue weighted by Gasteiger charge is 2.34. The van der Waals surface area contributed by atoms with E-state index in [9.17, 15) is 26.7 Å². The Bertz CT molecular complexity index is 766. The van der Waals surface area contributed by atoms with Crippen LogP contribution < -0.4 is 5.32 Å². The fourth-order valence-corrected chi connectivity index (χ4v) is 2.72. The van der Waals surface area contributed by atoms with Crippen molar-refractivity contribution in [3.05, 3.63) is 58.6 Å². The van der Waals surface area contributed by atoms with Crippen LogP contribution in [0.5, 0.6) is 0 Å². The second-order valence-corrected chi connectivity index (χ2v) is 6.03. The van der Waals surface area contributed by atoms with Crippen molar-refractivity contribution >= 4 is 35.0 Å². The lowest BCUT2D eigenvalue weighted by atomic mass is 10.1. The summed E-state index contributed by atoms with van der Waals surface area (Å²) in [5, 5.41) is 1.85. The quantitative estimate of drug-likeness (QED) is 0.570. The van der Waals surface area contributed by atoms with Gasteiger partial charge in [-0.3, -0.25) is 4.79 Å². The lowest BCUT2D eigenvalue weighted by molar-refractivity contribution is -0.137. The number of thioether (sulfide) groups is 1. The van der Waals surface area contributed by atoms with Crippen LogP contribution in [0.2, 0.25) is 5.02 Å². The van der Waals surface area contributed by atoms with Crippen molar-refractivity contribution < 1.29 is 26.7 Å². The molecule has 9 heteroatoms. The monoisotopic (exact) mass is 381 g/mol. The predicted molar refractivity (Wildman–Crippen MR) is 82.2 cm³/mol. The van der Waals surface area contributed by atoms with Gasteiger partial charge in [-0.25, -0.2) is 8.78 Å². The molecule has 2 aromatic rings. The Kier molecular flexibility index (Phi) is 5.71. The van der Waals surface area contributed by atoms with Gasteiger partial charge >= 0.3 is 6.18 Å². The summed E-state index contributed by atoms with van der Waals surface area (Å²) in [5.74, 6) is -3.17. The van der Waals surface area contributed by atoms with Gasteiger partial charge in [-0.15, -0.1) is 11.8 Å². The number of alkyl halides is 3. The van der Waals surface area contributed by atoms with Gasteiger partial charge in [0.05, 0.1) is 22.0 Å². The smallest absolute Gasteiger partial charge is 0.324 e. The third-order valence-corrected chi connectivity index (χ3v) is 4.15. The standard InChI is InChI=1S/C15H9ClF5NOS/c16-10-3-1-2-9(15(19,20)21)14(10)22-13(23)7-24-8-4-5-11(17)12(18)6-8/h1-6H,7H2,(H,22,23). The van der Waals surface area contributed by atoms with Crippen LogP contribution in [0.4, 0.5) is 27.6 Å². The first-order valence-corrected chi connectivity index (χ1v) is 7.78. The minimum absolute atomic E-state index is 0.254. The minimum atomic E-state index is -4.68. The van der Waals surface area contributed by atoms with Crippen LogP contribution in [0, 0.1) is 11.6 Å². The molecule has 1 amide bonds. The number of rotatable bonds is 4. The van der Waals surface area contributed by atoms with Gasteiger partial charge in [0.25, 0.3) is 0 Å². The summed E-state index contributed by atoms with van der Waals surface area (Å²) in [7, 11) is 0. The van der Waals surface area contributed by atoms with Crippen LogP contribution in [0.15, 0.2) is 41.3 Å². The van der Waals surface area contributed by atoms with E-state index >= 15 is 0 Å². The summed E-state index contributed by atoms with van der Waals surface area (Å²) < 4.78 is 64.6. The van der Waals surface area contributed by atoms with E-state index in [1.807, 2.05) is 0 Å². The zero-order valence-electron chi connectivity index (χ0n) is 11.8. The SMILES string of the molecule is O=C(CSc1ccc(F)c(F)c1)Nc1c(Cl)cccc1C(F)(F)F. The molecule has 24 heavy (non-hydrogen) atoms. The van der Waals surface area contributed by atoms with Crippen LogP contribution in [0.3, 0.4) is 0 Å². The number of carbonyl (C=O) groups is 1. The molecule has 0 bridgehead atoms. The van der Waals surface area contributed by atoms with Crippen LogP contribution >= 0.6 is 23.4 Å². The van der Waals surface area contributed by atoms with Crippen molar-refractivity contribution in [2.24, 2.45) is 0 Å². The summed E-state index contributed by atoms with van der Waals surface area (Å²) in [6.45, 7) is 0. The van der Waals surface area contributed by atoms with Gasteiger partial charge in [0.2, 0.25) is 5.91 Å². The maximum Gasteiger partial charge on any atom is 0.418 e. The van der Waals surface area contributed by atoms with Gasteiger partial charge in [-0.05, 0) is 30.3 Å². The maximum absolute atomic E-state index is 13.1. The summed E-state index contributed by atoms with van der Waals surface area (Å²) in [5.41, 5.74) is -1.61. The predicted octanol–water partition coefficient (Wildman–Crippen LogP) is 5.37. The molecule has 2 aromatic carbocycles. The molecule has 0 saturated heterocycles. The zero-order chi connectivity index (χ0) is 17.9. The molecule has 0 radical (unpaired) electrons. The van der Waals surface area contributed by atoms with E-state index in [2.05, 4.69) is 5.32 Å². The minimum Gasteiger partial charge on any atom is -0.324 e. The highest BCUT2D eigenvalue weighted by atomic mass is 35.5. The Morgan fingerprint density at radius 3 is 2.46 bits per heavy atom. The molecule has 0 aromatic heterocycles. The van der Waals surface area contributed by atoms with E-state index in [1.54, 1.807) is 0 Å². The Labute approximate surface area is 143 Å². The second-order valence-electron chi connectivity index (χ2n) is 4.57. The maximum atomic E-state index is 13.1. The van der Waals surface area contributed by atoms with Gasteiger partial charge in [0.15, 0.2) is 11.6 Å². The molecule has 1 N–H and O–H groups in total. The van der Waals surface area contributed by atoms with E-state index in [-0.39, 0.29) is 15.7 Å². The molecule has 0 spiro atoms. The molecule has 0 unspecified atom stereocenters. The fourth-order valence-electron chi connectivity index (χ4n) is 1.78. The van der Waals surface area contributed by atoms with Crippen molar-refractivity contribution in [3.63, 3.8) is 0 Å². The highest BCUT2D eigenvalue weighted by molar-refractivity contribution is 8.00. The largest absolute Gasteiger partial charge is 0.418 e. The van der Waals surface area contributed by atoms with Gasteiger partial charge in [-0.1, -0.05) is 17.7 Å². The molecule has 128 valence electrons. The summed E-state index contributed by atoms with van der Waals surface area (Å²) in [6.07, 6.45) is -4.68. The third-order valence-electron chi connectivity index (χ3n) is 2.84. The molecule has 2 nitrogen and oxygen atoms in total. The summed E-state index contributed by atoms with van der Waals surface area (Å²) >= 11 is 6.57. The molecular formula is C15H9ClF5NOS. The number of halogens is 6. The van der Waals surface area contributed by atoms with Crippen molar-refractivity contribution in [2.45, 2.75) is 11.1 Å². The van der Waals surface area contributed by atoms with Crippen LogP contribution in [0.1, 0.15) is 5.56 Å². The molecule has 0 saturated carbocycles. The van der Waals surface area contributed by atoms with E-state index < -0.39 is 35.0 Å². The van der Waals surface area contributed by atoms with Crippen molar-refractivity contribution in [3.8, 4) is 0 Å². The average Bonchev–Trinajstić information content (AvgIpc) is 2.49. The molecule has 0 atom stereocenters. The van der Waals surface area contributed by atoms with Crippen molar-refractivity contribution in [1.82, 2.24) is 0 Å². The normalized spacial score (nSPS) is 11.4. The molecule has 0 fully saturated rings. The summed E-state index contributed by atoms with van der Waals surface area (Å²) in [6, 6.07) is 6.18.